The SMILES string of the molecule is CCCNC(C)c1cnc(-c2cc(F)ccc2F)s1. The molecule has 1 unspecified atom stereocenters. The van der Waals surface area contributed by atoms with E-state index < -0.39 is 11.6 Å². The highest BCUT2D eigenvalue weighted by Gasteiger charge is 2.13. The smallest absolute Gasteiger partial charge is 0.133 e. The summed E-state index contributed by atoms with van der Waals surface area (Å²) in [4.78, 5) is 5.21. The van der Waals surface area contributed by atoms with Gasteiger partial charge in [-0.05, 0) is 38.1 Å². The van der Waals surface area contributed by atoms with E-state index in [4.69, 9.17) is 0 Å². The molecule has 1 aromatic carbocycles. The average molecular weight is 282 g/mol. The second-order valence-corrected chi connectivity index (χ2v) is 5.43. The summed E-state index contributed by atoms with van der Waals surface area (Å²) < 4.78 is 26.8. The minimum Gasteiger partial charge on any atom is -0.309 e. The van der Waals surface area contributed by atoms with Gasteiger partial charge in [-0.3, -0.25) is 0 Å². The van der Waals surface area contributed by atoms with Crippen molar-refractivity contribution in [1.29, 1.82) is 0 Å². The molecule has 0 aliphatic carbocycles. The quantitative estimate of drug-likeness (QED) is 0.891. The summed E-state index contributed by atoms with van der Waals surface area (Å²) >= 11 is 1.39. The maximum atomic E-state index is 13.7. The second-order valence-electron chi connectivity index (χ2n) is 4.37. The van der Waals surface area contributed by atoms with Gasteiger partial charge in [-0.1, -0.05) is 6.92 Å². The summed E-state index contributed by atoms with van der Waals surface area (Å²) in [5.74, 6) is -0.901. The zero-order valence-corrected chi connectivity index (χ0v) is 11.7. The van der Waals surface area contributed by atoms with Gasteiger partial charge in [0, 0.05) is 22.7 Å². The van der Waals surface area contributed by atoms with Crippen LogP contribution in [-0.2, 0) is 0 Å². The Labute approximate surface area is 115 Å². The molecule has 2 rings (SSSR count). The third kappa shape index (κ3) is 3.36. The van der Waals surface area contributed by atoms with Gasteiger partial charge in [0.05, 0.1) is 0 Å². The summed E-state index contributed by atoms with van der Waals surface area (Å²) in [6, 6.07) is 3.59. The molecule has 0 bridgehead atoms. The Hall–Kier alpha value is -1.33. The lowest BCUT2D eigenvalue weighted by Crippen LogP contribution is -2.18. The van der Waals surface area contributed by atoms with Crippen molar-refractivity contribution in [2.45, 2.75) is 26.3 Å². The highest BCUT2D eigenvalue weighted by atomic mass is 32.1. The first-order chi connectivity index (χ1) is 9.11. The Morgan fingerprint density at radius 1 is 1.37 bits per heavy atom. The van der Waals surface area contributed by atoms with Gasteiger partial charge in [-0.15, -0.1) is 11.3 Å². The number of benzene rings is 1. The van der Waals surface area contributed by atoms with Crippen molar-refractivity contribution in [3.63, 3.8) is 0 Å². The summed E-state index contributed by atoms with van der Waals surface area (Å²) in [5.41, 5.74) is 0.221. The molecule has 1 aromatic heterocycles. The lowest BCUT2D eigenvalue weighted by atomic mass is 10.2. The molecule has 0 saturated carbocycles. The van der Waals surface area contributed by atoms with Crippen LogP contribution in [0.25, 0.3) is 10.6 Å². The van der Waals surface area contributed by atoms with E-state index in [2.05, 4.69) is 17.2 Å². The molecule has 0 saturated heterocycles. The van der Waals surface area contributed by atoms with Crippen LogP contribution in [0.4, 0.5) is 8.78 Å². The van der Waals surface area contributed by atoms with Crippen LogP contribution in [0.2, 0.25) is 0 Å². The molecule has 0 aliphatic heterocycles. The number of rotatable bonds is 5. The predicted molar refractivity (Wildman–Crippen MR) is 74.2 cm³/mol. The Morgan fingerprint density at radius 2 is 2.16 bits per heavy atom. The van der Waals surface area contributed by atoms with Crippen LogP contribution in [0.5, 0.6) is 0 Å². The molecule has 5 heteroatoms. The van der Waals surface area contributed by atoms with Crippen molar-refractivity contribution in [3.05, 3.63) is 40.9 Å². The summed E-state index contributed by atoms with van der Waals surface area (Å²) in [6.07, 6.45) is 2.77. The zero-order valence-electron chi connectivity index (χ0n) is 10.9. The van der Waals surface area contributed by atoms with Gasteiger partial charge < -0.3 is 5.32 Å². The molecule has 1 atom stereocenters. The summed E-state index contributed by atoms with van der Waals surface area (Å²) in [6.45, 7) is 5.05. The Kier molecular flexibility index (Phi) is 4.61. The molecule has 0 radical (unpaired) electrons. The molecular formula is C14H16F2N2S. The number of hydrogen-bond acceptors (Lipinski definition) is 3. The minimum absolute atomic E-state index is 0.169. The Balaban J connectivity index is 2.23. The van der Waals surface area contributed by atoms with Crippen molar-refractivity contribution < 1.29 is 8.78 Å². The fourth-order valence-electron chi connectivity index (χ4n) is 1.73. The fraction of sp³-hybridized carbons (Fsp3) is 0.357. The third-order valence-corrected chi connectivity index (χ3v) is 4.02. The first kappa shape index (κ1) is 14.1. The number of halogens is 2. The minimum atomic E-state index is -0.453. The van der Waals surface area contributed by atoms with Crippen LogP contribution < -0.4 is 5.32 Å². The van der Waals surface area contributed by atoms with Gasteiger partial charge in [0.15, 0.2) is 0 Å². The molecule has 1 heterocycles. The molecular weight excluding hydrogens is 266 g/mol. The van der Waals surface area contributed by atoms with Gasteiger partial charge in [-0.25, -0.2) is 13.8 Å². The molecule has 2 nitrogen and oxygen atoms in total. The maximum Gasteiger partial charge on any atom is 0.133 e. The first-order valence-corrected chi connectivity index (χ1v) is 7.08. The highest BCUT2D eigenvalue weighted by molar-refractivity contribution is 7.15. The van der Waals surface area contributed by atoms with Crippen LogP contribution in [0, 0.1) is 11.6 Å². The zero-order chi connectivity index (χ0) is 13.8. The van der Waals surface area contributed by atoms with Gasteiger partial charge in [0.2, 0.25) is 0 Å². The van der Waals surface area contributed by atoms with Crippen LogP contribution in [0.15, 0.2) is 24.4 Å². The number of thiazole rings is 1. The fourth-order valence-corrected chi connectivity index (χ4v) is 2.69. The second kappa shape index (κ2) is 6.21. The average Bonchev–Trinajstić information content (AvgIpc) is 2.88. The molecule has 102 valence electrons. The lowest BCUT2D eigenvalue weighted by Gasteiger charge is -2.09. The maximum absolute atomic E-state index is 13.7. The largest absolute Gasteiger partial charge is 0.309 e. The van der Waals surface area contributed by atoms with Gasteiger partial charge in [0.25, 0.3) is 0 Å². The topological polar surface area (TPSA) is 24.9 Å². The van der Waals surface area contributed by atoms with E-state index >= 15 is 0 Å². The van der Waals surface area contributed by atoms with E-state index in [1.165, 1.54) is 17.4 Å². The van der Waals surface area contributed by atoms with E-state index in [1.807, 2.05) is 6.92 Å². The molecule has 0 amide bonds. The number of nitrogens with zero attached hydrogens (tertiary/aromatic N) is 1. The van der Waals surface area contributed by atoms with Crippen molar-refractivity contribution in [3.8, 4) is 10.6 Å². The first-order valence-electron chi connectivity index (χ1n) is 6.26. The monoisotopic (exact) mass is 282 g/mol. The lowest BCUT2D eigenvalue weighted by molar-refractivity contribution is 0.577. The Bertz CT molecular complexity index is 554. The highest BCUT2D eigenvalue weighted by Crippen LogP contribution is 2.30. The summed E-state index contributed by atoms with van der Waals surface area (Å²) in [5, 5.41) is 3.85. The van der Waals surface area contributed by atoms with Crippen molar-refractivity contribution in [1.82, 2.24) is 10.3 Å². The molecule has 0 aliphatic rings. The van der Waals surface area contributed by atoms with Crippen LogP contribution in [0.3, 0.4) is 0 Å². The van der Waals surface area contributed by atoms with Gasteiger partial charge in [-0.2, -0.15) is 0 Å². The molecule has 0 fully saturated rings. The molecule has 2 aromatic rings. The van der Waals surface area contributed by atoms with Crippen molar-refractivity contribution in [2.24, 2.45) is 0 Å². The van der Waals surface area contributed by atoms with Crippen LogP contribution >= 0.6 is 11.3 Å². The molecule has 19 heavy (non-hydrogen) atoms. The number of nitrogens with one attached hydrogen (secondary N) is 1. The van der Waals surface area contributed by atoms with E-state index in [0.717, 1.165) is 30.0 Å². The standard InChI is InChI=1S/C14H16F2N2S/c1-3-6-17-9(2)13-8-18-14(19-13)11-7-10(15)4-5-12(11)16/h4-5,7-9,17H,3,6H2,1-2H3. The van der Waals surface area contributed by atoms with Crippen molar-refractivity contribution in [2.75, 3.05) is 6.54 Å². The van der Waals surface area contributed by atoms with Crippen LogP contribution in [-0.4, -0.2) is 11.5 Å². The van der Waals surface area contributed by atoms with E-state index in [-0.39, 0.29) is 11.6 Å². The van der Waals surface area contributed by atoms with Crippen molar-refractivity contribution >= 4 is 11.3 Å². The Morgan fingerprint density at radius 3 is 2.89 bits per heavy atom. The van der Waals surface area contributed by atoms with Gasteiger partial charge in [0.1, 0.15) is 16.6 Å². The van der Waals surface area contributed by atoms with E-state index in [1.54, 1.807) is 6.20 Å². The normalized spacial score (nSPS) is 12.6. The number of aromatic nitrogens is 1. The third-order valence-electron chi connectivity index (χ3n) is 2.81. The predicted octanol–water partition coefficient (Wildman–Crippen LogP) is 4.15. The molecule has 1 N–H and O–H groups in total. The number of hydrogen-bond donors (Lipinski definition) is 1. The van der Waals surface area contributed by atoms with E-state index in [9.17, 15) is 8.78 Å². The van der Waals surface area contributed by atoms with Gasteiger partial charge >= 0.3 is 0 Å². The molecule has 0 spiro atoms. The van der Waals surface area contributed by atoms with Crippen LogP contribution in [0.1, 0.15) is 31.2 Å². The summed E-state index contributed by atoms with van der Waals surface area (Å²) in [7, 11) is 0. The van der Waals surface area contributed by atoms with E-state index in [0.29, 0.717) is 5.01 Å².